The number of sulfone groups is 1. The van der Waals surface area contributed by atoms with Crippen LogP contribution in [0.5, 0.6) is 0 Å². The Kier molecular flexibility index (Phi) is 3.70. The van der Waals surface area contributed by atoms with E-state index < -0.39 is 21.2 Å². The lowest BCUT2D eigenvalue weighted by Crippen LogP contribution is -2.21. The number of aryl methyl sites for hydroxylation is 2. The van der Waals surface area contributed by atoms with Crippen LogP contribution >= 0.6 is 11.3 Å². The Morgan fingerprint density at radius 2 is 2.05 bits per heavy atom. The summed E-state index contributed by atoms with van der Waals surface area (Å²) < 4.78 is 24.3. The van der Waals surface area contributed by atoms with Gasteiger partial charge in [-0.2, -0.15) is 0 Å². The number of hydrogen-bond donors (Lipinski definition) is 1. The van der Waals surface area contributed by atoms with E-state index in [4.69, 9.17) is 5.11 Å². The minimum absolute atomic E-state index is 0.0377. The van der Waals surface area contributed by atoms with Crippen molar-refractivity contribution in [3.05, 3.63) is 15.6 Å². The van der Waals surface area contributed by atoms with E-state index in [-0.39, 0.29) is 17.9 Å². The normalized spacial score (nSPS) is 17.4. The highest BCUT2D eigenvalue weighted by atomic mass is 32.2. The highest BCUT2D eigenvalue weighted by Gasteiger charge is 2.47. The van der Waals surface area contributed by atoms with Crippen molar-refractivity contribution < 1.29 is 18.3 Å². The van der Waals surface area contributed by atoms with Gasteiger partial charge in [0, 0.05) is 4.88 Å². The smallest absolute Gasteiger partial charge is 0.303 e. The highest BCUT2D eigenvalue weighted by molar-refractivity contribution is 7.90. The van der Waals surface area contributed by atoms with E-state index in [0.717, 1.165) is 10.6 Å². The average molecular weight is 303 g/mol. The zero-order valence-corrected chi connectivity index (χ0v) is 12.6. The number of hydrogen-bond acceptors (Lipinski definition) is 5. The van der Waals surface area contributed by atoms with Gasteiger partial charge < -0.3 is 5.11 Å². The predicted octanol–water partition coefficient (Wildman–Crippen LogP) is 1.93. The molecular formula is C12H17NO4S2. The van der Waals surface area contributed by atoms with Crippen molar-refractivity contribution in [2.75, 3.05) is 5.75 Å². The zero-order chi connectivity index (χ0) is 14.3. The third kappa shape index (κ3) is 3.76. The summed E-state index contributed by atoms with van der Waals surface area (Å²) in [6.07, 6.45) is 1.32. The number of carboxylic acid groups (broad SMARTS) is 1. The van der Waals surface area contributed by atoms with Crippen molar-refractivity contribution in [3.8, 4) is 0 Å². The number of aliphatic carboxylic acids is 1. The van der Waals surface area contributed by atoms with Crippen molar-refractivity contribution in [3.63, 3.8) is 0 Å². The fourth-order valence-electron chi connectivity index (χ4n) is 2.18. The van der Waals surface area contributed by atoms with Crippen LogP contribution in [0.4, 0.5) is 0 Å². The van der Waals surface area contributed by atoms with Crippen LogP contribution in [-0.4, -0.2) is 30.2 Å². The van der Waals surface area contributed by atoms with E-state index in [1.165, 1.54) is 11.3 Å². The lowest BCUT2D eigenvalue weighted by molar-refractivity contribution is -0.138. The largest absolute Gasteiger partial charge is 0.481 e. The molecule has 106 valence electrons. The molecule has 0 unspecified atom stereocenters. The maximum absolute atomic E-state index is 12.1. The van der Waals surface area contributed by atoms with Crippen LogP contribution in [0.25, 0.3) is 0 Å². The zero-order valence-electron chi connectivity index (χ0n) is 11.0. The van der Waals surface area contributed by atoms with Crippen molar-refractivity contribution in [1.82, 2.24) is 4.98 Å². The van der Waals surface area contributed by atoms with Gasteiger partial charge in [-0.3, -0.25) is 4.79 Å². The SMILES string of the molecule is Cc1nc(CS(=O)(=O)CC2(CC(=O)O)CC2)sc1C. The van der Waals surface area contributed by atoms with Crippen LogP contribution in [-0.2, 0) is 20.4 Å². The molecule has 0 aliphatic heterocycles. The number of rotatable bonds is 6. The minimum Gasteiger partial charge on any atom is -0.481 e. The van der Waals surface area contributed by atoms with Gasteiger partial charge >= 0.3 is 5.97 Å². The molecule has 0 bridgehead atoms. The number of carbonyl (C=O) groups is 1. The second kappa shape index (κ2) is 4.86. The molecule has 1 N–H and O–H groups in total. The van der Waals surface area contributed by atoms with E-state index in [1.54, 1.807) is 0 Å². The molecule has 19 heavy (non-hydrogen) atoms. The summed E-state index contributed by atoms with van der Waals surface area (Å²) in [6.45, 7) is 3.77. The maximum Gasteiger partial charge on any atom is 0.303 e. The topological polar surface area (TPSA) is 84.3 Å². The van der Waals surface area contributed by atoms with Gasteiger partial charge in [0.25, 0.3) is 0 Å². The molecule has 7 heteroatoms. The first-order valence-corrected chi connectivity index (χ1v) is 8.70. The van der Waals surface area contributed by atoms with E-state index in [2.05, 4.69) is 4.98 Å². The van der Waals surface area contributed by atoms with Crippen LogP contribution in [0, 0.1) is 19.3 Å². The maximum atomic E-state index is 12.1. The highest BCUT2D eigenvalue weighted by Crippen LogP contribution is 2.50. The summed E-state index contributed by atoms with van der Waals surface area (Å²) in [7, 11) is -3.29. The van der Waals surface area contributed by atoms with Gasteiger partial charge in [-0.25, -0.2) is 13.4 Å². The molecule has 1 aromatic heterocycles. The first-order valence-electron chi connectivity index (χ1n) is 6.07. The lowest BCUT2D eigenvalue weighted by Gasteiger charge is -2.11. The van der Waals surface area contributed by atoms with Gasteiger partial charge in [0.15, 0.2) is 9.84 Å². The Morgan fingerprint density at radius 3 is 2.47 bits per heavy atom. The Bertz CT molecular complexity index is 580. The minimum atomic E-state index is -3.29. The summed E-state index contributed by atoms with van der Waals surface area (Å²) in [5.74, 6) is -1.04. The number of aromatic nitrogens is 1. The molecule has 0 atom stereocenters. The first-order chi connectivity index (χ1) is 8.71. The second-order valence-electron chi connectivity index (χ2n) is 5.35. The van der Waals surface area contributed by atoms with Crippen molar-refractivity contribution in [1.29, 1.82) is 0 Å². The molecule has 1 aliphatic rings. The Morgan fingerprint density at radius 1 is 1.42 bits per heavy atom. The molecule has 0 aromatic carbocycles. The van der Waals surface area contributed by atoms with Crippen LogP contribution in [0.3, 0.4) is 0 Å². The van der Waals surface area contributed by atoms with Gasteiger partial charge in [-0.05, 0) is 32.1 Å². The molecule has 0 amide bonds. The molecule has 0 saturated heterocycles. The second-order valence-corrected chi connectivity index (χ2v) is 8.70. The average Bonchev–Trinajstić information content (AvgIpc) is 2.85. The molecule has 2 rings (SSSR count). The summed E-state index contributed by atoms with van der Waals surface area (Å²) >= 11 is 1.39. The Hall–Kier alpha value is -0.950. The van der Waals surface area contributed by atoms with Crippen LogP contribution in [0.15, 0.2) is 0 Å². The summed E-state index contributed by atoms with van der Waals surface area (Å²) in [4.78, 5) is 16.0. The quantitative estimate of drug-likeness (QED) is 0.868. The molecule has 1 aliphatic carbocycles. The summed E-state index contributed by atoms with van der Waals surface area (Å²) in [6, 6.07) is 0. The Balaban J connectivity index is 2.05. The van der Waals surface area contributed by atoms with Crippen molar-refractivity contribution >= 4 is 27.1 Å². The molecule has 0 spiro atoms. The summed E-state index contributed by atoms with van der Waals surface area (Å²) in [5.41, 5.74) is 0.341. The van der Waals surface area contributed by atoms with Gasteiger partial charge in [-0.1, -0.05) is 0 Å². The number of carboxylic acids is 1. The summed E-state index contributed by atoms with van der Waals surface area (Å²) in [5, 5.41) is 9.41. The van der Waals surface area contributed by atoms with E-state index in [9.17, 15) is 13.2 Å². The van der Waals surface area contributed by atoms with Crippen molar-refractivity contribution in [2.45, 2.75) is 38.9 Å². The third-order valence-corrected chi connectivity index (χ3v) is 6.45. The first kappa shape index (κ1) is 14.5. The van der Waals surface area contributed by atoms with Gasteiger partial charge in [-0.15, -0.1) is 11.3 Å². The molecule has 1 saturated carbocycles. The van der Waals surface area contributed by atoms with Crippen LogP contribution in [0.1, 0.15) is 34.8 Å². The van der Waals surface area contributed by atoms with Crippen LogP contribution < -0.4 is 0 Å². The molecule has 1 fully saturated rings. The predicted molar refractivity (Wildman–Crippen MR) is 73.0 cm³/mol. The molecule has 1 aromatic rings. The fourth-order valence-corrected chi connectivity index (χ4v) is 5.55. The van der Waals surface area contributed by atoms with Gasteiger partial charge in [0.1, 0.15) is 10.8 Å². The van der Waals surface area contributed by atoms with E-state index in [0.29, 0.717) is 17.8 Å². The van der Waals surface area contributed by atoms with Crippen molar-refractivity contribution in [2.24, 2.45) is 5.41 Å². The standard InChI is InChI=1S/C12H17NO4S2/c1-8-9(2)18-10(13-8)6-19(16,17)7-12(3-4-12)5-11(14)15/h3-7H2,1-2H3,(H,14,15). The fraction of sp³-hybridized carbons (Fsp3) is 0.667. The monoisotopic (exact) mass is 303 g/mol. The third-order valence-electron chi connectivity index (χ3n) is 3.43. The molecule has 5 nitrogen and oxygen atoms in total. The van der Waals surface area contributed by atoms with Gasteiger partial charge in [0.2, 0.25) is 0 Å². The van der Waals surface area contributed by atoms with E-state index >= 15 is 0 Å². The van der Waals surface area contributed by atoms with Gasteiger partial charge in [0.05, 0.1) is 17.9 Å². The molecule has 1 heterocycles. The number of nitrogens with zero attached hydrogens (tertiary/aromatic N) is 1. The van der Waals surface area contributed by atoms with Crippen LogP contribution in [0.2, 0.25) is 0 Å². The molecule has 0 radical (unpaired) electrons. The Labute approximate surface area is 116 Å². The lowest BCUT2D eigenvalue weighted by atomic mass is 10.1. The van der Waals surface area contributed by atoms with E-state index in [1.807, 2.05) is 13.8 Å². The molecular weight excluding hydrogens is 286 g/mol. The number of thiazole rings is 1.